The van der Waals surface area contributed by atoms with Crippen LogP contribution in [0.15, 0.2) is 57.5 Å². The first-order valence-corrected chi connectivity index (χ1v) is 14.6. The number of nitrogens with two attached hydrogens (primary N) is 1. The summed E-state index contributed by atoms with van der Waals surface area (Å²) in [6, 6.07) is 16.2. The lowest BCUT2D eigenvalue weighted by molar-refractivity contribution is 0.0105. The maximum absolute atomic E-state index is 5.82. The highest BCUT2D eigenvalue weighted by molar-refractivity contribution is 9.10. The number of benzene rings is 2. The maximum atomic E-state index is 5.82. The van der Waals surface area contributed by atoms with Gasteiger partial charge in [-0.1, -0.05) is 24.3 Å². The zero-order chi connectivity index (χ0) is 26.6. The second-order valence-electron chi connectivity index (χ2n) is 7.95. The summed E-state index contributed by atoms with van der Waals surface area (Å²) in [5.41, 5.74) is 5.55. The van der Waals surface area contributed by atoms with Gasteiger partial charge in [0.25, 0.3) is 0 Å². The lowest BCUT2D eigenvalue weighted by atomic mass is 10.2. The normalized spacial score (nSPS) is 15.0. The summed E-state index contributed by atoms with van der Waals surface area (Å²) >= 11 is 17.4. The van der Waals surface area contributed by atoms with Gasteiger partial charge < -0.3 is 24.7 Å². The molecule has 10 heteroatoms. The zero-order valence-corrected chi connectivity index (χ0v) is 25.7. The van der Waals surface area contributed by atoms with Crippen LogP contribution in [0.1, 0.15) is 13.8 Å². The molecule has 2 atom stereocenters. The van der Waals surface area contributed by atoms with Crippen molar-refractivity contribution in [3.05, 3.63) is 57.5 Å². The number of alkyl halides is 2. The summed E-state index contributed by atoms with van der Waals surface area (Å²) in [7, 11) is 0. The molecule has 0 radical (unpaired) electrons. The van der Waals surface area contributed by atoms with E-state index in [9.17, 15) is 0 Å². The van der Waals surface area contributed by atoms with Crippen LogP contribution in [0.5, 0.6) is 11.5 Å². The van der Waals surface area contributed by atoms with E-state index in [1.54, 1.807) is 0 Å². The number of nitrogens with zero attached hydrogens (tertiary/aromatic N) is 1. The van der Waals surface area contributed by atoms with Crippen molar-refractivity contribution in [1.82, 2.24) is 4.90 Å². The van der Waals surface area contributed by atoms with Gasteiger partial charge in [-0.2, -0.15) is 0 Å². The molecule has 1 saturated heterocycles. The van der Waals surface area contributed by atoms with Gasteiger partial charge in [-0.25, -0.2) is 0 Å². The average Bonchev–Trinajstić information content (AvgIpc) is 2.89. The smallest absolute Gasteiger partial charge is 0.133 e. The fourth-order valence-electron chi connectivity index (χ4n) is 2.89. The van der Waals surface area contributed by atoms with Gasteiger partial charge in [0.05, 0.1) is 35.4 Å². The van der Waals surface area contributed by atoms with Gasteiger partial charge in [0.15, 0.2) is 0 Å². The molecule has 0 aromatic heterocycles. The first-order valence-electron chi connectivity index (χ1n) is 11.9. The predicted octanol–water partition coefficient (Wildman–Crippen LogP) is 6.20. The SMILES string of the molecule is C[C@@H](N)COc1ccccc1Br.C[C@H](COc1ccccc1Br)N1CCOCC1.ClCCOCCCl. The fraction of sp³-hybridized carbons (Fsp3) is 0.538. The molecule has 0 aliphatic carbocycles. The molecule has 3 rings (SSSR count). The highest BCUT2D eigenvalue weighted by Crippen LogP contribution is 2.24. The first-order chi connectivity index (χ1) is 17.4. The zero-order valence-electron chi connectivity index (χ0n) is 21.0. The Hall–Kier alpha value is -0.580. The molecule has 0 bridgehead atoms. The maximum Gasteiger partial charge on any atom is 0.133 e. The summed E-state index contributed by atoms with van der Waals surface area (Å²) in [6.07, 6.45) is 0. The molecule has 36 heavy (non-hydrogen) atoms. The minimum absolute atomic E-state index is 0.0668. The molecule has 2 N–H and O–H groups in total. The molecule has 1 fully saturated rings. The van der Waals surface area contributed by atoms with Crippen LogP contribution in [0.4, 0.5) is 0 Å². The number of para-hydroxylation sites is 2. The minimum Gasteiger partial charge on any atom is -0.491 e. The first kappa shape index (κ1) is 33.4. The Morgan fingerprint density at radius 2 is 1.33 bits per heavy atom. The fourth-order valence-corrected chi connectivity index (χ4v) is 3.91. The van der Waals surface area contributed by atoms with Crippen molar-refractivity contribution in [3.8, 4) is 11.5 Å². The van der Waals surface area contributed by atoms with Crippen molar-refractivity contribution >= 4 is 55.1 Å². The van der Waals surface area contributed by atoms with Gasteiger partial charge >= 0.3 is 0 Å². The third-order valence-corrected chi connectivity index (χ3v) is 6.39. The van der Waals surface area contributed by atoms with Gasteiger partial charge in [-0.05, 0) is 70.0 Å². The lowest BCUT2D eigenvalue weighted by Crippen LogP contribution is -2.44. The van der Waals surface area contributed by atoms with Gasteiger partial charge in [0, 0.05) is 36.9 Å². The second kappa shape index (κ2) is 21.4. The monoisotopic (exact) mass is 670 g/mol. The average molecular weight is 673 g/mol. The third-order valence-electron chi connectivity index (χ3n) is 4.77. The molecule has 1 heterocycles. The molecule has 0 spiro atoms. The molecule has 0 saturated carbocycles. The highest BCUT2D eigenvalue weighted by Gasteiger charge is 2.17. The minimum atomic E-state index is 0.0668. The van der Waals surface area contributed by atoms with Crippen molar-refractivity contribution in [2.45, 2.75) is 25.9 Å². The largest absolute Gasteiger partial charge is 0.491 e. The summed E-state index contributed by atoms with van der Waals surface area (Å²) in [6.45, 7) is 10.2. The van der Waals surface area contributed by atoms with Gasteiger partial charge in [-0.15, -0.1) is 23.2 Å². The van der Waals surface area contributed by atoms with Crippen LogP contribution in [0.25, 0.3) is 0 Å². The Morgan fingerprint density at radius 1 is 0.861 bits per heavy atom. The summed E-state index contributed by atoms with van der Waals surface area (Å²) in [5.74, 6) is 2.86. The topological polar surface area (TPSA) is 66.2 Å². The second-order valence-corrected chi connectivity index (χ2v) is 10.4. The van der Waals surface area contributed by atoms with Crippen LogP contribution < -0.4 is 15.2 Å². The summed E-state index contributed by atoms with van der Waals surface area (Å²) in [4.78, 5) is 2.40. The lowest BCUT2D eigenvalue weighted by Gasteiger charge is -2.32. The van der Waals surface area contributed by atoms with E-state index in [4.69, 9.17) is 47.9 Å². The van der Waals surface area contributed by atoms with Crippen molar-refractivity contribution in [3.63, 3.8) is 0 Å². The van der Waals surface area contributed by atoms with E-state index in [2.05, 4.69) is 43.7 Å². The number of rotatable bonds is 11. The van der Waals surface area contributed by atoms with Crippen molar-refractivity contribution < 1.29 is 18.9 Å². The summed E-state index contributed by atoms with van der Waals surface area (Å²) in [5, 5.41) is 0. The molecule has 6 nitrogen and oxygen atoms in total. The van der Waals surface area contributed by atoms with Crippen molar-refractivity contribution in [2.75, 3.05) is 64.5 Å². The van der Waals surface area contributed by atoms with Crippen LogP contribution >= 0.6 is 55.1 Å². The predicted molar refractivity (Wildman–Crippen MR) is 157 cm³/mol. The van der Waals surface area contributed by atoms with Crippen molar-refractivity contribution in [1.29, 1.82) is 0 Å². The van der Waals surface area contributed by atoms with E-state index in [0.717, 1.165) is 46.7 Å². The van der Waals surface area contributed by atoms with Gasteiger partial charge in [0.1, 0.15) is 24.7 Å². The van der Waals surface area contributed by atoms with Crippen LogP contribution in [-0.4, -0.2) is 81.5 Å². The Labute approximate surface area is 242 Å². The Morgan fingerprint density at radius 3 is 1.78 bits per heavy atom. The van der Waals surface area contributed by atoms with E-state index in [1.165, 1.54) is 0 Å². The number of halogens is 4. The standard InChI is InChI=1S/C13H18BrNO2.C9H12BrNO.C4H8Cl2O/c1-11(15-6-8-16-9-7-15)10-17-13-5-3-2-4-12(13)14;1-7(11)6-12-9-5-3-2-4-8(9)10;5-1-3-7-4-2-6/h2-5,11H,6-10H2,1H3;2-5,7H,6,11H2,1H3;1-4H2/t11-;7-;/m11./s1. The van der Waals surface area contributed by atoms with E-state index < -0.39 is 0 Å². The van der Waals surface area contributed by atoms with E-state index in [1.807, 2.05) is 55.5 Å². The quantitative estimate of drug-likeness (QED) is 0.227. The molecular weight excluding hydrogens is 635 g/mol. The summed E-state index contributed by atoms with van der Waals surface area (Å²) < 4.78 is 23.4. The molecular formula is C26H38Br2Cl2N2O4. The Kier molecular flexibility index (Phi) is 19.8. The molecule has 0 amide bonds. The molecule has 2 aromatic carbocycles. The molecule has 1 aliphatic heterocycles. The van der Waals surface area contributed by atoms with Crippen LogP contribution in [0, 0.1) is 0 Å². The Bertz CT molecular complexity index is 811. The number of morpholine rings is 1. The van der Waals surface area contributed by atoms with Crippen LogP contribution in [-0.2, 0) is 9.47 Å². The van der Waals surface area contributed by atoms with E-state index in [0.29, 0.717) is 44.2 Å². The molecule has 2 aromatic rings. The number of ether oxygens (including phenoxy) is 4. The molecule has 1 aliphatic rings. The number of hydrogen-bond donors (Lipinski definition) is 1. The van der Waals surface area contributed by atoms with Gasteiger partial charge in [0.2, 0.25) is 0 Å². The number of hydrogen-bond acceptors (Lipinski definition) is 6. The molecule has 0 unspecified atom stereocenters. The Balaban J connectivity index is 0.000000298. The van der Waals surface area contributed by atoms with Crippen LogP contribution in [0.2, 0.25) is 0 Å². The van der Waals surface area contributed by atoms with E-state index >= 15 is 0 Å². The highest BCUT2D eigenvalue weighted by atomic mass is 79.9. The van der Waals surface area contributed by atoms with Gasteiger partial charge in [-0.3, -0.25) is 4.90 Å². The molecule has 204 valence electrons. The van der Waals surface area contributed by atoms with Crippen LogP contribution in [0.3, 0.4) is 0 Å². The third kappa shape index (κ3) is 15.6. The van der Waals surface area contributed by atoms with Crippen molar-refractivity contribution in [2.24, 2.45) is 5.73 Å². The van der Waals surface area contributed by atoms with E-state index in [-0.39, 0.29) is 6.04 Å².